The van der Waals surface area contributed by atoms with Crippen molar-refractivity contribution in [2.75, 3.05) is 0 Å². The van der Waals surface area contributed by atoms with Crippen LogP contribution in [0, 0.1) is 0 Å². The Hall–Kier alpha value is -1.37. The summed E-state index contributed by atoms with van der Waals surface area (Å²) in [5.41, 5.74) is 1.92. The van der Waals surface area contributed by atoms with Crippen LogP contribution in [0.15, 0.2) is 42.1 Å². The molecule has 0 heterocycles. The number of allylic oxidation sites excluding steroid dienone is 2. The number of hydrogen-bond donors (Lipinski definition) is 0. The van der Waals surface area contributed by atoms with Crippen LogP contribution in [0.5, 0.6) is 0 Å². The van der Waals surface area contributed by atoms with Gasteiger partial charge < -0.3 is 0 Å². The number of rotatable bonds is 6. The molecule has 0 unspecified atom stereocenters. The molecule has 0 bridgehead atoms. The Morgan fingerprint density at radius 3 is 2.00 bits per heavy atom. The Bertz CT molecular complexity index is 443. The van der Waals surface area contributed by atoms with Gasteiger partial charge in [0.15, 0.2) is 0 Å². The highest BCUT2D eigenvalue weighted by Crippen LogP contribution is 2.34. The number of hydrogen-bond acceptors (Lipinski definition) is 1. The van der Waals surface area contributed by atoms with Crippen LogP contribution in [-0.2, 0) is 4.79 Å². The summed E-state index contributed by atoms with van der Waals surface area (Å²) >= 11 is 0. The van der Waals surface area contributed by atoms with Crippen LogP contribution in [0.3, 0.4) is 0 Å². The quantitative estimate of drug-likeness (QED) is 0.417. The molecule has 0 N–H and O–H groups in total. The fourth-order valence-electron chi connectivity index (χ4n) is 2.55. The molecule has 0 spiro atoms. The Balaban J connectivity index is 3.20. The van der Waals surface area contributed by atoms with E-state index in [4.69, 9.17) is 0 Å². The van der Waals surface area contributed by atoms with E-state index in [1.807, 2.05) is 30.3 Å². The Kier molecular flexibility index (Phi) is 5.33. The van der Waals surface area contributed by atoms with E-state index in [2.05, 4.69) is 33.3 Å². The van der Waals surface area contributed by atoms with Gasteiger partial charge in [-0.05, 0) is 11.1 Å². The molecule has 0 saturated heterocycles. The van der Waals surface area contributed by atoms with Crippen molar-refractivity contribution in [3.8, 4) is 0 Å². The molecule has 1 nitrogen and oxygen atoms in total. The topological polar surface area (TPSA) is 17.1 Å². The minimum Gasteiger partial charge on any atom is -0.234 e. The maximum absolute atomic E-state index is 11.5. The molecule has 0 fully saturated rings. The van der Waals surface area contributed by atoms with E-state index in [-0.39, 0.29) is 0 Å². The molecule has 18 heavy (non-hydrogen) atoms. The molecular formula is C16H22OSi. The van der Waals surface area contributed by atoms with Gasteiger partial charge >= 0.3 is 0 Å². The van der Waals surface area contributed by atoms with Crippen molar-refractivity contribution < 1.29 is 4.79 Å². The lowest BCUT2D eigenvalue weighted by atomic mass is 10.1. The third kappa shape index (κ3) is 2.72. The fourth-order valence-corrected chi connectivity index (χ4v) is 6.12. The highest BCUT2D eigenvalue weighted by Gasteiger charge is 2.34. The molecule has 0 amide bonds. The molecule has 0 aromatic heterocycles. The van der Waals surface area contributed by atoms with Gasteiger partial charge in [0.2, 0.25) is 0 Å². The van der Waals surface area contributed by atoms with Gasteiger partial charge in [-0.2, -0.15) is 0 Å². The Morgan fingerprint density at radius 2 is 1.61 bits per heavy atom. The second kappa shape index (κ2) is 6.53. The maximum Gasteiger partial charge on any atom is 0.123 e. The summed E-state index contributed by atoms with van der Waals surface area (Å²) in [5, 5.41) is 0.876. The number of carbonyl (C=O) groups excluding carboxylic acids is 1. The number of benzene rings is 1. The largest absolute Gasteiger partial charge is 0.234 e. The molecule has 1 aromatic rings. The zero-order valence-electron chi connectivity index (χ0n) is 11.6. The van der Waals surface area contributed by atoms with Crippen molar-refractivity contribution in [2.24, 2.45) is 0 Å². The van der Waals surface area contributed by atoms with Crippen molar-refractivity contribution in [1.29, 1.82) is 0 Å². The summed E-state index contributed by atoms with van der Waals surface area (Å²) in [4.78, 5) is 11.5. The standard InChI is InChI=1S/C16H22OSi/c1-5-18(6-2,7-3)16(13-17)14(4)15-11-9-8-10-12-15/h8-12H,4-7H2,1-3H3. The zero-order valence-corrected chi connectivity index (χ0v) is 12.6. The minimum absolute atomic E-state index is 0.876. The van der Waals surface area contributed by atoms with Crippen LogP contribution in [0.25, 0.3) is 5.57 Å². The van der Waals surface area contributed by atoms with E-state index in [0.717, 1.165) is 34.5 Å². The first-order valence-corrected chi connectivity index (χ1v) is 9.27. The summed E-state index contributed by atoms with van der Waals surface area (Å²) < 4.78 is 0. The Morgan fingerprint density at radius 1 is 1.11 bits per heavy atom. The second-order valence-electron chi connectivity index (χ2n) is 4.66. The second-order valence-corrected chi connectivity index (χ2v) is 9.84. The van der Waals surface area contributed by atoms with Crippen LogP contribution in [0.1, 0.15) is 26.3 Å². The molecule has 0 aliphatic carbocycles. The first-order chi connectivity index (χ1) is 8.65. The molecule has 2 heteroatoms. The van der Waals surface area contributed by atoms with Gasteiger partial charge in [0, 0.05) is 5.20 Å². The summed E-state index contributed by atoms with van der Waals surface area (Å²) in [5.74, 6) is 2.22. The molecule has 0 aliphatic rings. The van der Waals surface area contributed by atoms with Crippen LogP contribution in [0.4, 0.5) is 0 Å². The van der Waals surface area contributed by atoms with Gasteiger partial charge in [-0.3, -0.25) is 0 Å². The predicted molar refractivity (Wildman–Crippen MR) is 81.9 cm³/mol. The van der Waals surface area contributed by atoms with E-state index < -0.39 is 8.07 Å². The average molecular weight is 258 g/mol. The molecule has 0 aliphatic heterocycles. The molecule has 1 rings (SSSR count). The van der Waals surface area contributed by atoms with Crippen LogP contribution < -0.4 is 0 Å². The Labute approximate surface area is 111 Å². The zero-order chi connectivity index (χ0) is 13.6. The normalized spacial score (nSPS) is 10.8. The smallest absolute Gasteiger partial charge is 0.123 e. The van der Waals surface area contributed by atoms with Crippen LogP contribution in [-0.4, -0.2) is 14.0 Å². The van der Waals surface area contributed by atoms with E-state index >= 15 is 0 Å². The van der Waals surface area contributed by atoms with Crippen molar-refractivity contribution >= 4 is 19.6 Å². The molecule has 0 radical (unpaired) electrons. The van der Waals surface area contributed by atoms with E-state index in [1.165, 1.54) is 0 Å². The highest BCUT2D eigenvalue weighted by atomic mass is 28.3. The first-order valence-electron chi connectivity index (χ1n) is 6.65. The van der Waals surface area contributed by atoms with Gasteiger partial charge in [-0.1, -0.05) is 75.8 Å². The van der Waals surface area contributed by atoms with E-state index in [1.54, 1.807) is 0 Å². The van der Waals surface area contributed by atoms with Crippen LogP contribution in [0.2, 0.25) is 18.1 Å². The summed E-state index contributed by atoms with van der Waals surface area (Å²) in [6.45, 7) is 10.7. The average Bonchev–Trinajstić information content (AvgIpc) is 2.45. The lowest BCUT2D eigenvalue weighted by Gasteiger charge is -2.29. The van der Waals surface area contributed by atoms with Gasteiger partial charge in [-0.25, -0.2) is 4.79 Å². The van der Waals surface area contributed by atoms with Gasteiger partial charge in [0.05, 0.1) is 0 Å². The van der Waals surface area contributed by atoms with Gasteiger partial charge in [0.25, 0.3) is 0 Å². The van der Waals surface area contributed by atoms with Crippen molar-refractivity contribution in [3.05, 3.63) is 47.7 Å². The van der Waals surface area contributed by atoms with E-state index in [9.17, 15) is 4.79 Å². The third-order valence-electron chi connectivity index (χ3n) is 4.09. The monoisotopic (exact) mass is 258 g/mol. The van der Waals surface area contributed by atoms with Crippen LogP contribution >= 0.6 is 0 Å². The fraction of sp³-hybridized carbons (Fsp3) is 0.375. The predicted octanol–water partition coefficient (Wildman–Crippen LogP) is 4.51. The van der Waals surface area contributed by atoms with Crippen molar-refractivity contribution in [1.82, 2.24) is 0 Å². The lowest BCUT2D eigenvalue weighted by Crippen LogP contribution is -2.35. The third-order valence-corrected chi connectivity index (χ3v) is 9.61. The minimum atomic E-state index is -1.70. The summed E-state index contributed by atoms with van der Waals surface area (Å²) in [6.07, 6.45) is 0. The van der Waals surface area contributed by atoms with Crippen molar-refractivity contribution in [2.45, 2.75) is 38.9 Å². The SMILES string of the molecule is C=C(C(=C=O)[Si](CC)(CC)CC)c1ccccc1. The summed E-state index contributed by atoms with van der Waals surface area (Å²) in [7, 11) is -1.70. The molecule has 0 saturated carbocycles. The van der Waals surface area contributed by atoms with Gasteiger partial charge in [0.1, 0.15) is 14.0 Å². The maximum atomic E-state index is 11.5. The van der Waals surface area contributed by atoms with Crippen molar-refractivity contribution in [3.63, 3.8) is 0 Å². The molecule has 96 valence electrons. The summed E-state index contributed by atoms with van der Waals surface area (Å²) in [6, 6.07) is 13.2. The van der Waals surface area contributed by atoms with E-state index in [0.29, 0.717) is 0 Å². The molecule has 1 aromatic carbocycles. The molecule has 0 atom stereocenters. The highest BCUT2D eigenvalue weighted by molar-refractivity contribution is 6.89. The first kappa shape index (κ1) is 14.7. The lowest BCUT2D eigenvalue weighted by molar-refractivity contribution is 0.568. The molecular weight excluding hydrogens is 236 g/mol. The van der Waals surface area contributed by atoms with Gasteiger partial charge in [-0.15, -0.1) is 0 Å².